The zero-order valence-electron chi connectivity index (χ0n) is 23.4. The summed E-state index contributed by atoms with van der Waals surface area (Å²) >= 11 is 0. The molecule has 3 saturated carbocycles. The predicted octanol–water partition coefficient (Wildman–Crippen LogP) is 2.82. The Balaban J connectivity index is 1.18. The number of nitrogens with one attached hydrogen (secondary N) is 1. The Bertz CT molecular complexity index is 1220. The van der Waals surface area contributed by atoms with E-state index in [1.165, 1.54) is 0 Å². The van der Waals surface area contributed by atoms with Crippen LogP contribution in [0.15, 0.2) is 36.0 Å². The van der Waals surface area contributed by atoms with E-state index in [0.717, 1.165) is 24.8 Å². The van der Waals surface area contributed by atoms with Crippen LogP contribution in [0, 0.1) is 28.6 Å². The lowest BCUT2D eigenvalue weighted by molar-refractivity contribution is -0.184. The average Bonchev–Trinajstić information content (AvgIpc) is 3.20. The Morgan fingerprint density at radius 3 is 2.67 bits per heavy atom. The fourth-order valence-corrected chi connectivity index (χ4v) is 8.48. The van der Waals surface area contributed by atoms with Crippen LogP contribution in [0.25, 0.3) is 0 Å². The van der Waals surface area contributed by atoms with Crippen LogP contribution in [-0.2, 0) is 30.5 Å². The SMILES string of the molecule is C[C@]12CCC(=O)C=C1CC[C@@H]1[C@@H]2[C@@H](O)C[C@@]2(C)[C@H]1CC[C@]2(O)C(=O)COC(=O)CCC(=O)NCc1ccccn1. The number of Topliss-reactive ketones (excluding diaryl/α,β-unsaturated/α-hetero) is 1. The molecule has 1 aromatic heterocycles. The van der Waals surface area contributed by atoms with Crippen molar-refractivity contribution in [3.63, 3.8) is 0 Å². The lowest BCUT2D eigenvalue weighted by atomic mass is 9.45. The van der Waals surface area contributed by atoms with Gasteiger partial charge in [-0.3, -0.25) is 24.2 Å². The normalized spacial score (nSPS) is 36.5. The van der Waals surface area contributed by atoms with E-state index in [4.69, 9.17) is 4.74 Å². The first-order chi connectivity index (χ1) is 19.0. The number of carbonyl (C=O) groups excluding carboxylic acids is 4. The van der Waals surface area contributed by atoms with Gasteiger partial charge in [-0.1, -0.05) is 25.5 Å². The van der Waals surface area contributed by atoms with Crippen LogP contribution in [0.5, 0.6) is 0 Å². The number of carbonyl (C=O) groups is 4. The number of nitrogens with zero attached hydrogens (tertiary/aromatic N) is 1. The number of allylic oxidation sites excluding steroid dienone is 1. The number of ether oxygens (including phenoxy) is 1. The second-order valence-electron chi connectivity index (χ2n) is 12.7. The third-order valence-corrected chi connectivity index (χ3v) is 10.6. The molecule has 5 rings (SSSR count). The zero-order valence-corrected chi connectivity index (χ0v) is 23.4. The molecule has 3 fully saturated rings. The number of hydrogen-bond acceptors (Lipinski definition) is 8. The summed E-state index contributed by atoms with van der Waals surface area (Å²) in [6.07, 6.45) is 6.45. The van der Waals surface area contributed by atoms with Crippen LogP contribution in [0.3, 0.4) is 0 Å². The Kier molecular flexibility index (Phi) is 7.74. The van der Waals surface area contributed by atoms with Crippen molar-refractivity contribution in [2.75, 3.05) is 6.61 Å². The van der Waals surface area contributed by atoms with E-state index in [1.54, 1.807) is 24.4 Å². The summed E-state index contributed by atoms with van der Waals surface area (Å²) in [7, 11) is 0. The maximum atomic E-state index is 13.4. The minimum absolute atomic E-state index is 0.0160. The largest absolute Gasteiger partial charge is 0.458 e. The number of pyridine rings is 1. The Morgan fingerprint density at radius 2 is 1.93 bits per heavy atom. The molecule has 7 atom stereocenters. The molecule has 4 aliphatic carbocycles. The Labute approximate surface area is 234 Å². The number of aliphatic hydroxyl groups is 2. The van der Waals surface area contributed by atoms with E-state index in [9.17, 15) is 29.4 Å². The van der Waals surface area contributed by atoms with E-state index < -0.39 is 35.5 Å². The summed E-state index contributed by atoms with van der Waals surface area (Å²) in [5.74, 6) is -1.24. The van der Waals surface area contributed by atoms with Crippen molar-refractivity contribution in [2.45, 2.75) is 89.9 Å². The summed E-state index contributed by atoms with van der Waals surface area (Å²) in [4.78, 5) is 54.0. The van der Waals surface area contributed by atoms with Gasteiger partial charge >= 0.3 is 5.97 Å². The summed E-state index contributed by atoms with van der Waals surface area (Å²) in [6.45, 7) is 3.75. The van der Waals surface area contributed by atoms with Crippen molar-refractivity contribution in [3.8, 4) is 0 Å². The number of rotatable bonds is 8. The van der Waals surface area contributed by atoms with Gasteiger partial charge in [0, 0.05) is 24.5 Å². The third-order valence-electron chi connectivity index (χ3n) is 10.6. The molecular weight excluding hydrogens is 512 g/mol. The van der Waals surface area contributed by atoms with Crippen LogP contribution in [-0.4, -0.2) is 57.0 Å². The van der Waals surface area contributed by atoms with Crippen LogP contribution >= 0.6 is 0 Å². The Hall–Kier alpha value is -2.91. The fourth-order valence-electron chi connectivity index (χ4n) is 8.48. The molecule has 1 amide bonds. The number of hydrogen-bond donors (Lipinski definition) is 3. The first-order valence-electron chi connectivity index (χ1n) is 14.5. The van der Waals surface area contributed by atoms with Gasteiger partial charge in [-0.2, -0.15) is 0 Å². The first-order valence-corrected chi connectivity index (χ1v) is 14.5. The summed E-state index contributed by atoms with van der Waals surface area (Å²) < 4.78 is 5.21. The van der Waals surface area contributed by atoms with Crippen LogP contribution in [0.1, 0.15) is 77.3 Å². The molecule has 9 nitrogen and oxygen atoms in total. The van der Waals surface area contributed by atoms with Gasteiger partial charge in [-0.15, -0.1) is 0 Å². The van der Waals surface area contributed by atoms with E-state index in [-0.39, 0.29) is 67.1 Å². The molecule has 3 N–H and O–H groups in total. The van der Waals surface area contributed by atoms with Crippen molar-refractivity contribution in [2.24, 2.45) is 28.6 Å². The number of ketones is 2. The smallest absolute Gasteiger partial charge is 0.306 e. The van der Waals surface area contributed by atoms with Crippen LogP contribution in [0.2, 0.25) is 0 Å². The van der Waals surface area contributed by atoms with E-state index in [0.29, 0.717) is 18.5 Å². The highest BCUT2D eigenvalue weighted by molar-refractivity contribution is 5.92. The van der Waals surface area contributed by atoms with Crippen molar-refractivity contribution in [1.29, 1.82) is 0 Å². The lowest BCUT2D eigenvalue weighted by Crippen LogP contribution is -2.62. The highest BCUT2D eigenvalue weighted by Gasteiger charge is 2.68. The fraction of sp³-hybridized carbons (Fsp3) is 0.645. The predicted molar refractivity (Wildman–Crippen MR) is 144 cm³/mol. The molecular formula is C31H40N2O7. The highest BCUT2D eigenvalue weighted by Crippen LogP contribution is 2.67. The standard InChI is InChI=1S/C31H40N2O7/c1-29-12-10-21(34)15-19(29)6-7-22-23-11-13-31(39,30(23,2)16-24(35)28(22)29)25(36)18-40-27(38)9-8-26(37)33-17-20-5-3-4-14-32-20/h3-5,14-15,22-24,28,35,39H,6-13,16-18H2,1-2H3,(H,33,37)/t22-,23-,24-,28+,29-,30-,31-/m0/s1. The van der Waals surface area contributed by atoms with E-state index in [1.807, 2.05) is 13.0 Å². The second-order valence-corrected chi connectivity index (χ2v) is 12.7. The maximum absolute atomic E-state index is 13.4. The average molecular weight is 553 g/mol. The van der Waals surface area contributed by atoms with Crippen molar-refractivity contribution < 1.29 is 34.1 Å². The molecule has 0 radical (unpaired) electrons. The summed E-state index contributed by atoms with van der Waals surface area (Å²) in [5, 5.41) is 26.0. The lowest BCUT2D eigenvalue weighted by Gasteiger charge is -2.60. The van der Waals surface area contributed by atoms with Gasteiger partial charge in [-0.25, -0.2) is 0 Å². The number of esters is 1. The molecule has 9 heteroatoms. The highest BCUT2D eigenvalue weighted by atomic mass is 16.5. The summed E-state index contributed by atoms with van der Waals surface area (Å²) in [6, 6.07) is 5.38. The van der Waals surface area contributed by atoms with Crippen molar-refractivity contribution in [1.82, 2.24) is 10.3 Å². The second kappa shape index (κ2) is 10.8. The van der Waals surface area contributed by atoms with Gasteiger partial charge in [0.2, 0.25) is 11.7 Å². The molecule has 0 saturated heterocycles. The van der Waals surface area contributed by atoms with E-state index in [2.05, 4.69) is 17.2 Å². The van der Waals surface area contributed by atoms with Gasteiger partial charge in [0.1, 0.15) is 5.60 Å². The molecule has 0 aromatic carbocycles. The van der Waals surface area contributed by atoms with Gasteiger partial charge in [0.25, 0.3) is 0 Å². The zero-order chi connectivity index (χ0) is 28.7. The molecule has 0 bridgehead atoms. The maximum Gasteiger partial charge on any atom is 0.306 e. The minimum Gasteiger partial charge on any atom is -0.458 e. The molecule has 1 aromatic rings. The van der Waals surface area contributed by atoms with Crippen molar-refractivity contribution in [3.05, 3.63) is 41.7 Å². The van der Waals surface area contributed by atoms with Crippen LogP contribution < -0.4 is 5.32 Å². The molecule has 4 aliphatic rings. The summed E-state index contributed by atoms with van der Waals surface area (Å²) in [5.41, 5.74) is -0.961. The third kappa shape index (κ3) is 4.91. The van der Waals surface area contributed by atoms with Crippen LogP contribution in [0.4, 0.5) is 0 Å². The molecule has 0 unspecified atom stereocenters. The van der Waals surface area contributed by atoms with Crippen molar-refractivity contribution >= 4 is 23.4 Å². The molecule has 0 aliphatic heterocycles. The van der Waals surface area contributed by atoms with Gasteiger partial charge in [0.15, 0.2) is 12.4 Å². The van der Waals surface area contributed by atoms with Gasteiger partial charge in [-0.05, 0) is 79.9 Å². The quantitative estimate of drug-likeness (QED) is 0.418. The molecule has 1 heterocycles. The number of amides is 1. The molecule has 40 heavy (non-hydrogen) atoms. The monoisotopic (exact) mass is 552 g/mol. The molecule has 216 valence electrons. The first kappa shape index (κ1) is 28.6. The van der Waals surface area contributed by atoms with E-state index >= 15 is 0 Å². The number of aliphatic hydroxyl groups excluding tert-OH is 1. The number of fused-ring (bicyclic) bond motifs is 5. The Morgan fingerprint density at radius 1 is 1.12 bits per heavy atom. The minimum atomic E-state index is -1.70. The van der Waals surface area contributed by atoms with Gasteiger partial charge < -0.3 is 20.3 Å². The topological polar surface area (TPSA) is 143 Å². The van der Waals surface area contributed by atoms with Gasteiger partial charge in [0.05, 0.1) is 24.8 Å². The molecule has 0 spiro atoms. The number of aromatic nitrogens is 1.